The monoisotopic (exact) mass is 455 g/mol. The number of hydrogen-bond donors (Lipinski definition) is 1. The van der Waals surface area contributed by atoms with Crippen molar-refractivity contribution in [2.45, 2.75) is 31.7 Å². The predicted molar refractivity (Wildman–Crippen MR) is 132 cm³/mol. The van der Waals surface area contributed by atoms with E-state index in [0.29, 0.717) is 0 Å². The minimum atomic E-state index is 0. The van der Waals surface area contributed by atoms with Crippen molar-refractivity contribution in [2.24, 2.45) is 5.73 Å². The minimum Gasteiger partial charge on any atom is -0.339 e. The van der Waals surface area contributed by atoms with Gasteiger partial charge in [-0.05, 0) is 54.5 Å². The fourth-order valence-electron chi connectivity index (χ4n) is 4.53. The van der Waals surface area contributed by atoms with Crippen LogP contribution < -0.4 is 5.73 Å². The lowest BCUT2D eigenvalue weighted by molar-refractivity contribution is 0.0715. The maximum Gasteiger partial charge on any atom is 0.254 e. The summed E-state index contributed by atoms with van der Waals surface area (Å²) in [5.41, 5.74) is 12.3. The van der Waals surface area contributed by atoms with E-state index in [4.69, 9.17) is 10.7 Å². The third kappa shape index (κ3) is 4.47. The van der Waals surface area contributed by atoms with Crippen LogP contribution in [0, 0.1) is 0 Å². The zero-order valence-electron chi connectivity index (χ0n) is 17.3. The molecular weight excluding hydrogens is 429 g/mol. The van der Waals surface area contributed by atoms with Crippen LogP contribution in [0.5, 0.6) is 0 Å². The molecule has 1 aromatic heterocycles. The van der Waals surface area contributed by atoms with Crippen molar-refractivity contribution in [3.05, 3.63) is 77.0 Å². The van der Waals surface area contributed by atoms with Gasteiger partial charge in [0.05, 0.1) is 16.8 Å². The number of nitrogens with zero attached hydrogens (tertiary/aromatic N) is 2. The second-order valence-electron chi connectivity index (χ2n) is 8.04. The number of piperidine rings is 1. The Morgan fingerprint density at radius 1 is 0.968 bits per heavy atom. The number of likely N-dealkylation sites (tertiary alicyclic amines) is 1. The number of nitrogens with two attached hydrogens (primary N) is 1. The molecule has 1 aliphatic carbocycles. The molecule has 0 radical (unpaired) electrons. The Labute approximate surface area is 195 Å². The molecule has 31 heavy (non-hydrogen) atoms. The summed E-state index contributed by atoms with van der Waals surface area (Å²) in [5, 5.41) is 0.965. The number of rotatable bonds is 2. The third-order valence-corrected chi connectivity index (χ3v) is 6.12. The SMILES string of the molecule is Cl.Cl.NC1CCN(C(=O)c2c3c(nc4ccccc24)/C(=C\c2ccccc2)CC3)CC1. The van der Waals surface area contributed by atoms with Crippen LogP contribution in [-0.4, -0.2) is 34.9 Å². The fraction of sp³-hybridized carbons (Fsp3) is 0.280. The number of halogens is 2. The second kappa shape index (κ2) is 9.82. The number of benzene rings is 2. The zero-order valence-corrected chi connectivity index (χ0v) is 18.9. The summed E-state index contributed by atoms with van der Waals surface area (Å²) in [7, 11) is 0. The average Bonchev–Trinajstić information content (AvgIpc) is 3.15. The van der Waals surface area contributed by atoms with E-state index in [9.17, 15) is 4.79 Å². The molecule has 2 aliphatic rings. The number of carbonyl (C=O) groups excluding carboxylic acids is 1. The lowest BCUT2D eigenvalue weighted by Crippen LogP contribution is -2.43. The Bertz CT molecular complexity index is 1110. The Morgan fingerprint density at radius 3 is 2.39 bits per heavy atom. The number of para-hydroxylation sites is 1. The second-order valence-corrected chi connectivity index (χ2v) is 8.04. The predicted octanol–water partition coefficient (Wildman–Crippen LogP) is 5.13. The van der Waals surface area contributed by atoms with Crippen molar-refractivity contribution in [3.8, 4) is 0 Å². The van der Waals surface area contributed by atoms with Gasteiger partial charge in [-0.3, -0.25) is 4.79 Å². The van der Waals surface area contributed by atoms with Crippen LogP contribution in [0.25, 0.3) is 22.6 Å². The number of amides is 1. The van der Waals surface area contributed by atoms with E-state index in [-0.39, 0.29) is 36.8 Å². The number of allylic oxidation sites excluding steroid dienone is 1. The smallest absolute Gasteiger partial charge is 0.254 e. The van der Waals surface area contributed by atoms with E-state index in [0.717, 1.165) is 66.5 Å². The van der Waals surface area contributed by atoms with Crippen molar-refractivity contribution < 1.29 is 4.79 Å². The van der Waals surface area contributed by atoms with Crippen LogP contribution in [0.2, 0.25) is 0 Å². The summed E-state index contributed by atoms with van der Waals surface area (Å²) in [5.74, 6) is 0.132. The highest BCUT2D eigenvalue weighted by molar-refractivity contribution is 6.09. The molecule has 6 heteroatoms. The molecule has 0 bridgehead atoms. The highest BCUT2D eigenvalue weighted by Gasteiger charge is 2.30. The summed E-state index contributed by atoms with van der Waals surface area (Å²) in [6.07, 6.45) is 5.73. The van der Waals surface area contributed by atoms with Gasteiger partial charge in [0.2, 0.25) is 0 Å². The van der Waals surface area contributed by atoms with Gasteiger partial charge in [-0.15, -0.1) is 24.8 Å². The van der Waals surface area contributed by atoms with E-state index in [1.54, 1.807) is 0 Å². The topological polar surface area (TPSA) is 59.2 Å². The van der Waals surface area contributed by atoms with Gasteiger partial charge in [-0.2, -0.15) is 0 Å². The minimum absolute atomic E-state index is 0. The first kappa shape index (κ1) is 23.3. The number of aromatic nitrogens is 1. The highest BCUT2D eigenvalue weighted by Crippen LogP contribution is 2.38. The first-order valence-electron chi connectivity index (χ1n) is 10.4. The summed E-state index contributed by atoms with van der Waals surface area (Å²) in [4.78, 5) is 20.5. The van der Waals surface area contributed by atoms with Gasteiger partial charge in [0.25, 0.3) is 5.91 Å². The molecule has 0 saturated carbocycles. The van der Waals surface area contributed by atoms with E-state index >= 15 is 0 Å². The van der Waals surface area contributed by atoms with Crippen LogP contribution in [0.4, 0.5) is 0 Å². The molecule has 2 N–H and O–H groups in total. The van der Waals surface area contributed by atoms with Gasteiger partial charge in [0.15, 0.2) is 0 Å². The van der Waals surface area contributed by atoms with E-state index in [2.05, 4.69) is 18.2 Å². The average molecular weight is 456 g/mol. The molecule has 2 aromatic carbocycles. The van der Waals surface area contributed by atoms with Gasteiger partial charge in [0, 0.05) is 24.5 Å². The van der Waals surface area contributed by atoms with Crippen LogP contribution in [0.15, 0.2) is 54.6 Å². The van der Waals surface area contributed by atoms with Crippen molar-refractivity contribution in [3.63, 3.8) is 0 Å². The molecule has 1 fully saturated rings. The standard InChI is InChI=1S/C25H25N3O.2ClH/c26-19-12-14-28(15-13-19)25(29)23-20-8-4-5-9-22(20)27-24-18(10-11-21(23)24)16-17-6-2-1-3-7-17;;/h1-9,16,19H,10-15,26H2;2*1H/b18-16-;;. The van der Waals surface area contributed by atoms with Gasteiger partial charge in [0.1, 0.15) is 0 Å². The summed E-state index contributed by atoms with van der Waals surface area (Å²) >= 11 is 0. The van der Waals surface area contributed by atoms with Crippen LogP contribution in [-0.2, 0) is 6.42 Å². The maximum absolute atomic E-state index is 13.6. The Morgan fingerprint density at radius 2 is 1.65 bits per heavy atom. The molecule has 1 amide bonds. The van der Waals surface area contributed by atoms with E-state index in [1.165, 1.54) is 11.1 Å². The van der Waals surface area contributed by atoms with E-state index in [1.807, 2.05) is 47.4 Å². The van der Waals surface area contributed by atoms with Gasteiger partial charge in [-0.1, -0.05) is 48.5 Å². The zero-order chi connectivity index (χ0) is 19.8. The highest BCUT2D eigenvalue weighted by atomic mass is 35.5. The Kier molecular flexibility index (Phi) is 7.37. The van der Waals surface area contributed by atoms with Gasteiger partial charge >= 0.3 is 0 Å². The van der Waals surface area contributed by atoms with Crippen LogP contribution in [0.3, 0.4) is 0 Å². The van der Waals surface area contributed by atoms with Crippen LogP contribution in [0.1, 0.15) is 46.4 Å². The number of fused-ring (bicyclic) bond motifs is 2. The molecule has 0 spiro atoms. The summed E-state index contributed by atoms with van der Waals surface area (Å²) in [6.45, 7) is 1.47. The van der Waals surface area contributed by atoms with Gasteiger partial charge < -0.3 is 10.6 Å². The number of hydrogen-bond acceptors (Lipinski definition) is 3. The van der Waals surface area contributed by atoms with Crippen molar-refractivity contribution in [2.75, 3.05) is 13.1 Å². The lowest BCUT2D eigenvalue weighted by Gasteiger charge is -2.31. The first-order valence-corrected chi connectivity index (χ1v) is 10.4. The molecule has 162 valence electrons. The largest absolute Gasteiger partial charge is 0.339 e. The molecule has 1 aliphatic heterocycles. The van der Waals surface area contributed by atoms with Crippen molar-refractivity contribution >= 4 is 53.3 Å². The molecule has 2 heterocycles. The maximum atomic E-state index is 13.6. The normalized spacial score (nSPS) is 17.2. The molecule has 0 unspecified atom stereocenters. The number of pyridine rings is 1. The van der Waals surface area contributed by atoms with E-state index < -0.39 is 0 Å². The molecule has 0 atom stereocenters. The van der Waals surface area contributed by atoms with Crippen molar-refractivity contribution in [1.29, 1.82) is 0 Å². The molecular formula is C25H27Cl2N3O. The molecule has 1 saturated heterocycles. The fourth-order valence-corrected chi connectivity index (χ4v) is 4.53. The Balaban J connectivity index is 0.00000136. The summed E-state index contributed by atoms with van der Waals surface area (Å²) < 4.78 is 0. The summed E-state index contributed by atoms with van der Waals surface area (Å²) in [6, 6.07) is 18.6. The first-order chi connectivity index (χ1) is 14.2. The van der Waals surface area contributed by atoms with Crippen LogP contribution >= 0.6 is 24.8 Å². The number of carbonyl (C=O) groups is 1. The lowest BCUT2D eigenvalue weighted by atomic mass is 9.98. The molecule has 3 aromatic rings. The Hall–Kier alpha value is -2.40. The quantitative estimate of drug-likeness (QED) is 0.582. The molecule has 5 rings (SSSR count). The third-order valence-electron chi connectivity index (χ3n) is 6.12. The van der Waals surface area contributed by atoms with Gasteiger partial charge in [-0.25, -0.2) is 4.98 Å². The van der Waals surface area contributed by atoms with Crippen molar-refractivity contribution in [1.82, 2.24) is 9.88 Å². The molecule has 4 nitrogen and oxygen atoms in total.